The van der Waals surface area contributed by atoms with E-state index >= 15 is 0 Å². The predicted octanol–water partition coefficient (Wildman–Crippen LogP) is 1.26. The van der Waals surface area contributed by atoms with E-state index in [4.69, 9.17) is 4.84 Å². The van der Waals surface area contributed by atoms with Crippen LogP contribution in [0.2, 0.25) is 0 Å². The smallest absolute Gasteiger partial charge is 0.270 e. The Morgan fingerprint density at radius 1 is 1.50 bits per heavy atom. The van der Waals surface area contributed by atoms with Crippen LogP contribution in [-0.2, 0) is 9.63 Å². The summed E-state index contributed by atoms with van der Waals surface area (Å²) in [6.07, 6.45) is 7.38. The van der Waals surface area contributed by atoms with Gasteiger partial charge in [0.2, 0.25) is 0 Å². The number of amides is 1. The first-order valence-corrected chi connectivity index (χ1v) is 4.55. The van der Waals surface area contributed by atoms with Crippen molar-refractivity contribution in [1.29, 1.82) is 0 Å². The van der Waals surface area contributed by atoms with Gasteiger partial charge in [-0.25, -0.2) is 4.84 Å². The SMILES string of the molecule is CCON1N=NC2C=CC=CC2C1=O. The van der Waals surface area contributed by atoms with Crippen LogP contribution in [-0.4, -0.2) is 23.7 Å². The molecule has 0 aromatic carbocycles. The quantitative estimate of drug-likeness (QED) is 0.662. The minimum absolute atomic E-state index is 0.160. The molecule has 2 unspecified atom stereocenters. The average Bonchev–Trinajstić information content (AvgIpc) is 2.23. The van der Waals surface area contributed by atoms with Gasteiger partial charge in [0.1, 0.15) is 6.04 Å². The summed E-state index contributed by atoms with van der Waals surface area (Å²) in [7, 11) is 0. The van der Waals surface area contributed by atoms with Gasteiger partial charge in [0.05, 0.1) is 12.5 Å². The number of nitrogens with zero attached hydrogens (tertiary/aromatic N) is 3. The van der Waals surface area contributed by atoms with Crippen molar-refractivity contribution in [3.05, 3.63) is 24.3 Å². The topological polar surface area (TPSA) is 54.3 Å². The summed E-state index contributed by atoms with van der Waals surface area (Å²) in [6.45, 7) is 2.20. The minimum Gasteiger partial charge on any atom is -0.270 e. The van der Waals surface area contributed by atoms with Crippen LogP contribution in [0.3, 0.4) is 0 Å². The maximum atomic E-state index is 11.7. The third kappa shape index (κ3) is 1.46. The Hall–Kier alpha value is -1.49. The zero-order valence-electron chi connectivity index (χ0n) is 7.83. The molecule has 1 aliphatic heterocycles. The maximum absolute atomic E-state index is 11.7. The van der Waals surface area contributed by atoms with E-state index in [1.54, 1.807) is 6.92 Å². The van der Waals surface area contributed by atoms with Crippen molar-refractivity contribution in [3.63, 3.8) is 0 Å². The van der Waals surface area contributed by atoms with Gasteiger partial charge in [-0.1, -0.05) is 29.5 Å². The number of allylic oxidation sites excluding steroid dienone is 2. The van der Waals surface area contributed by atoms with Gasteiger partial charge in [0.15, 0.2) is 0 Å². The highest BCUT2D eigenvalue weighted by atomic mass is 16.7. The molecule has 0 radical (unpaired) electrons. The zero-order chi connectivity index (χ0) is 9.97. The molecule has 2 rings (SSSR count). The monoisotopic (exact) mass is 193 g/mol. The highest BCUT2D eigenvalue weighted by Gasteiger charge is 2.34. The Kier molecular flexibility index (Phi) is 2.41. The minimum atomic E-state index is -0.260. The van der Waals surface area contributed by atoms with Crippen LogP contribution in [0.25, 0.3) is 0 Å². The van der Waals surface area contributed by atoms with Crippen LogP contribution in [0.4, 0.5) is 0 Å². The third-order valence-electron chi connectivity index (χ3n) is 2.10. The first-order chi connectivity index (χ1) is 6.83. The van der Waals surface area contributed by atoms with Gasteiger partial charge in [0, 0.05) is 0 Å². The number of hydroxylamine groups is 1. The Morgan fingerprint density at radius 2 is 2.29 bits per heavy atom. The van der Waals surface area contributed by atoms with E-state index in [1.165, 1.54) is 0 Å². The molecular weight excluding hydrogens is 182 g/mol. The molecule has 2 atom stereocenters. The summed E-state index contributed by atoms with van der Waals surface area (Å²) in [5.74, 6) is -0.420. The molecular formula is C9H11N3O2. The number of rotatable bonds is 2. The lowest BCUT2D eigenvalue weighted by Crippen LogP contribution is -2.40. The summed E-state index contributed by atoms with van der Waals surface area (Å²) in [5, 5.41) is 8.62. The molecule has 0 aromatic rings. The lowest BCUT2D eigenvalue weighted by atomic mass is 9.95. The van der Waals surface area contributed by atoms with E-state index in [9.17, 15) is 4.79 Å². The fraction of sp³-hybridized carbons (Fsp3) is 0.444. The Labute approximate surface area is 81.7 Å². The van der Waals surface area contributed by atoms with E-state index in [1.807, 2.05) is 24.3 Å². The maximum Gasteiger partial charge on any atom is 0.280 e. The van der Waals surface area contributed by atoms with Crippen LogP contribution in [0.1, 0.15) is 6.92 Å². The molecule has 5 nitrogen and oxygen atoms in total. The Balaban J connectivity index is 2.19. The van der Waals surface area contributed by atoms with E-state index in [0.717, 1.165) is 5.17 Å². The summed E-state index contributed by atoms with van der Waals surface area (Å²) in [5.41, 5.74) is 0. The summed E-state index contributed by atoms with van der Waals surface area (Å²) in [4.78, 5) is 16.7. The van der Waals surface area contributed by atoms with Gasteiger partial charge >= 0.3 is 0 Å². The summed E-state index contributed by atoms with van der Waals surface area (Å²) in [6, 6.07) is -0.163. The third-order valence-corrected chi connectivity index (χ3v) is 2.10. The molecule has 2 aliphatic rings. The van der Waals surface area contributed by atoms with E-state index < -0.39 is 0 Å². The second-order valence-electron chi connectivity index (χ2n) is 3.02. The van der Waals surface area contributed by atoms with Gasteiger partial charge in [-0.05, 0) is 12.1 Å². The molecule has 14 heavy (non-hydrogen) atoms. The standard InChI is InChI=1S/C9H11N3O2/c1-2-14-12-9(13)7-5-3-4-6-8(7)10-11-12/h3-8H,2H2,1H3. The second-order valence-corrected chi connectivity index (χ2v) is 3.02. The molecule has 0 saturated carbocycles. The van der Waals surface area contributed by atoms with Crippen molar-refractivity contribution in [2.75, 3.05) is 6.61 Å². The molecule has 1 aliphatic carbocycles. The molecule has 0 spiro atoms. The normalized spacial score (nSPS) is 29.5. The first kappa shape index (κ1) is 9.08. The van der Waals surface area contributed by atoms with Crippen LogP contribution < -0.4 is 0 Å². The highest BCUT2D eigenvalue weighted by Crippen LogP contribution is 2.23. The van der Waals surface area contributed by atoms with Crippen molar-refractivity contribution in [1.82, 2.24) is 5.17 Å². The first-order valence-electron chi connectivity index (χ1n) is 4.55. The van der Waals surface area contributed by atoms with Crippen LogP contribution in [0, 0.1) is 5.92 Å². The lowest BCUT2D eigenvalue weighted by Gasteiger charge is -2.27. The fourth-order valence-corrected chi connectivity index (χ4v) is 1.42. The summed E-state index contributed by atoms with van der Waals surface area (Å²) < 4.78 is 0. The number of carbonyl (C=O) groups is 1. The lowest BCUT2D eigenvalue weighted by molar-refractivity contribution is -0.195. The van der Waals surface area contributed by atoms with Gasteiger partial charge < -0.3 is 0 Å². The molecule has 0 fully saturated rings. The van der Waals surface area contributed by atoms with Crippen molar-refractivity contribution in [2.45, 2.75) is 13.0 Å². The molecule has 0 N–H and O–H groups in total. The molecule has 1 amide bonds. The molecule has 0 bridgehead atoms. The number of fused-ring (bicyclic) bond motifs is 1. The number of carbonyl (C=O) groups excluding carboxylic acids is 1. The van der Waals surface area contributed by atoms with Crippen LogP contribution >= 0.6 is 0 Å². The Morgan fingerprint density at radius 3 is 3.07 bits per heavy atom. The van der Waals surface area contributed by atoms with Gasteiger partial charge in [-0.3, -0.25) is 4.79 Å². The molecule has 0 aromatic heterocycles. The predicted molar refractivity (Wildman–Crippen MR) is 48.9 cm³/mol. The van der Waals surface area contributed by atoms with Crippen molar-refractivity contribution in [3.8, 4) is 0 Å². The zero-order valence-corrected chi connectivity index (χ0v) is 7.83. The molecule has 0 saturated heterocycles. The van der Waals surface area contributed by atoms with Crippen molar-refractivity contribution in [2.24, 2.45) is 16.3 Å². The van der Waals surface area contributed by atoms with Gasteiger partial charge in [-0.2, -0.15) is 5.11 Å². The molecule has 74 valence electrons. The van der Waals surface area contributed by atoms with Gasteiger partial charge in [-0.15, -0.1) is 0 Å². The molecule has 1 heterocycles. The Bertz CT molecular complexity index is 322. The number of hydrogen-bond donors (Lipinski definition) is 0. The highest BCUT2D eigenvalue weighted by molar-refractivity contribution is 5.81. The van der Waals surface area contributed by atoms with E-state index in [-0.39, 0.29) is 17.9 Å². The fourth-order valence-electron chi connectivity index (χ4n) is 1.42. The van der Waals surface area contributed by atoms with Crippen LogP contribution in [0.15, 0.2) is 34.6 Å². The second kappa shape index (κ2) is 3.71. The van der Waals surface area contributed by atoms with Crippen molar-refractivity contribution < 1.29 is 9.63 Å². The van der Waals surface area contributed by atoms with E-state index in [2.05, 4.69) is 10.3 Å². The largest absolute Gasteiger partial charge is 0.280 e. The van der Waals surface area contributed by atoms with Gasteiger partial charge in [0.25, 0.3) is 5.91 Å². The summed E-state index contributed by atoms with van der Waals surface area (Å²) >= 11 is 0. The number of hydrogen-bond acceptors (Lipinski definition) is 4. The molecule has 5 heteroatoms. The van der Waals surface area contributed by atoms with Crippen molar-refractivity contribution >= 4 is 5.91 Å². The van der Waals surface area contributed by atoms with E-state index in [0.29, 0.717) is 6.61 Å². The van der Waals surface area contributed by atoms with Crippen LogP contribution in [0.5, 0.6) is 0 Å². The average molecular weight is 193 g/mol.